The number of amides is 1. The third-order valence-corrected chi connectivity index (χ3v) is 2.98. The first-order valence-corrected chi connectivity index (χ1v) is 6.99. The number of hydrogen-bond acceptors (Lipinski definition) is 2. The summed E-state index contributed by atoms with van der Waals surface area (Å²) in [7, 11) is 0. The van der Waals surface area contributed by atoms with Crippen molar-refractivity contribution < 1.29 is 13.9 Å². The third kappa shape index (κ3) is 4.45. The van der Waals surface area contributed by atoms with Crippen LogP contribution in [0.5, 0.6) is 0 Å². The lowest BCUT2D eigenvalue weighted by Crippen LogP contribution is -2.33. The van der Waals surface area contributed by atoms with Crippen LogP contribution < -0.4 is 5.32 Å². The largest absolute Gasteiger partial charge is 0.444 e. The molecule has 0 unspecified atom stereocenters. The average molecular weight is 289 g/mol. The molecular formula is C17H20FNO2. The Morgan fingerprint density at radius 1 is 1.24 bits per heavy atom. The van der Waals surface area contributed by atoms with E-state index >= 15 is 0 Å². The highest BCUT2D eigenvalue weighted by Crippen LogP contribution is 2.19. The number of nitrogens with one attached hydrogen (secondary N) is 1. The van der Waals surface area contributed by atoms with Gasteiger partial charge >= 0.3 is 6.09 Å². The van der Waals surface area contributed by atoms with Gasteiger partial charge in [0.15, 0.2) is 0 Å². The zero-order chi connectivity index (χ0) is 15.5. The molecule has 2 aromatic rings. The normalized spacial score (nSPS) is 11.4. The Labute approximate surface area is 124 Å². The summed E-state index contributed by atoms with van der Waals surface area (Å²) in [5.74, 6) is -0.227. The molecule has 1 amide bonds. The number of ether oxygens (including phenoxy) is 1. The van der Waals surface area contributed by atoms with Crippen molar-refractivity contribution in [3.05, 3.63) is 47.8 Å². The Hall–Kier alpha value is -2.10. The summed E-state index contributed by atoms with van der Waals surface area (Å²) in [6, 6.07) is 10.7. The quantitative estimate of drug-likeness (QED) is 0.926. The summed E-state index contributed by atoms with van der Waals surface area (Å²) in [5.41, 5.74) is 0.472. The minimum absolute atomic E-state index is 0.227. The minimum atomic E-state index is -0.504. The summed E-state index contributed by atoms with van der Waals surface area (Å²) >= 11 is 0. The van der Waals surface area contributed by atoms with Crippen molar-refractivity contribution in [1.29, 1.82) is 0 Å². The van der Waals surface area contributed by atoms with E-state index in [4.69, 9.17) is 4.74 Å². The molecule has 3 nitrogen and oxygen atoms in total. The summed E-state index contributed by atoms with van der Waals surface area (Å²) < 4.78 is 18.9. The van der Waals surface area contributed by atoms with Crippen LogP contribution in [0.2, 0.25) is 0 Å². The number of alkyl carbamates (subject to hydrolysis) is 1. The van der Waals surface area contributed by atoms with E-state index in [0.717, 1.165) is 10.9 Å². The van der Waals surface area contributed by atoms with Crippen molar-refractivity contribution in [2.45, 2.75) is 32.8 Å². The van der Waals surface area contributed by atoms with Crippen molar-refractivity contribution in [3.63, 3.8) is 0 Å². The fourth-order valence-electron chi connectivity index (χ4n) is 2.06. The lowest BCUT2D eigenvalue weighted by Gasteiger charge is -2.19. The highest BCUT2D eigenvalue weighted by atomic mass is 19.1. The standard InChI is InChI=1S/C17H20FNO2/c1-17(2,3)21-16(20)19-10-9-12-7-8-13-5-4-6-15(18)14(13)11-12/h4-8,11H,9-10H2,1-3H3,(H,19,20). The molecule has 0 heterocycles. The van der Waals surface area contributed by atoms with Gasteiger partial charge < -0.3 is 10.1 Å². The molecule has 0 bridgehead atoms. The van der Waals surface area contributed by atoms with E-state index in [2.05, 4.69) is 5.32 Å². The van der Waals surface area contributed by atoms with Crippen molar-refractivity contribution in [2.24, 2.45) is 0 Å². The molecule has 0 aliphatic carbocycles. The van der Waals surface area contributed by atoms with E-state index in [-0.39, 0.29) is 5.82 Å². The Bertz CT molecular complexity index is 647. The van der Waals surface area contributed by atoms with Gasteiger partial charge in [0.1, 0.15) is 11.4 Å². The van der Waals surface area contributed by atoms with Crippen molar-refractivity contribution in [1.82, 2.24) is 5.32 Å². The molecule has 0 aromatic heterocycles. The van der Waals surface area contributed by atoms with Crippen LogP contribution in [0.3, 0.4) is 0 Å². The number of carbonyl (C=O) groups excluding carboxylic acids is 1. The molecule has 0 saturated heterocycles. The first kappa shape index (κ1) is 15.3. The predicted molar refractivity (Wildman–Crippen MR) is 81.8 cm³/mol. The van der Waals surface area contributed by atoms with E-state index in [1.165, 1.54) is 6.07 Å². The first-order valence-electron chi connectivity index (χ1n) is 6.99. The maximum Gasteiger partial charge on any atom is 0.407 e. The number of carbonyl (C=O) groups is 1. The van der Waals surface area contributed by atoms with Crippen LogP contribution >= 0.6 is 0 Å². The summed E-state index contributed by atoms with van der Waals surface area (Å²) in [6.07, 6.45) is 0.193. The summed E-state index contributed by atoms with van der Waals surface area (Å²) in [5, 5.41) is 4.17. The highest BCUT2D eigenvalue weighted by molar-refractivity contribution is 5.83. The van der Waals surface area contributed by atoms with E-state index in [1.807, 2.05) is 45.0 Å². The highest BCUT2D eigenvalue weighted by Gasteiger charge is 2.15. The number of halogens is 1. The molecule has 1 N–H and O–H groups in total. The zero-order valence-electron chi connectivity index (χ0n) is 12.6. The average Bonchev–Trinajstić information content (AvgIpc) is 2.37. The molecule has 0 saturated carbocycles. The Balaban J connectivity index is 1.95. The molecule has 0 aliphatic rings. The SMILES string of the molecule is CC(C)(C)OC(=O)NCCc1ccc2cccc(F)c2c1. The Morgan fingerprint density at radius 2 is 2.00 bits per heavy atom. The van der Waals surface area contributed by atoms with Gasteiger partial charge in [-0.3, -0.25) is 0 Å². The van der Waals surface area contributed by atoms with Gasteiger partial charge in [-0.25, -0.2) is 9.18 Å². The van der Waals surface area contributed by atoms with Crippen LogP contribution in [0, 0.1) is 5.82 Å². The molecule has 112 valence electrons. The fourth-order valence-corrected chi connectivity index (χ4v) is 2.06. The number of rotatable bonds is 3. The van der Waals surface area contributed by atoms with Gasteiger partial charge in [0.2, 0.25) is 0 Å². The summed E-state index contributed by atoms with van der Waals surface area (Å²) in [4.78, 5) is 11.5. The molecule has 0 radical (unpaired) electrons. The van der Waals surface area contributed by atoms with E-state index in [0.29, 0.717) is 18.4 Å². The van der Waals surface area contributed by atoms with Gasteiger partial charge in [0.05, 0.1) is 0 Å². The Kier molecular flexibility index (Phi) is 4.46. The predicted octanol–water partition coefficient (Wildman–Crippen LogP) is 4.05. The van der Waals surface area contributed by atoms with Gasteiger partial charge in [0, 0.05) is 11.9 Å². The lowest BCUT2D eigenvalue weighted by atomic mass is 10.0. The maximum atomic E-state index is 13.7. The topological polar surface area (TPSA) is 38.3 Å². The maximum absolute atomic E-state index is 13.7. The van der Waals surface area contributed by atoms with Crippen LogP contribution in [0.4, 0.5) is 9.18 Å². The number of benzene rings is 2. The van der Waals surface area contributed by atoms with E-state index < -0.39 is 11.7 Å². The molecule has 0 spiro atoms. The molecule has 0 fully saturated rings. The van der Waals surface area contributed by atoms with Gasteiger partial charge in [-0.2, -0.15) is 0 Å². The van der Waals surface area contributed by atoms with Crippen molar-refractivity contribution >= 4 is 16.9 Å². The van der Waals surface area contributed by atoms with Crippen LogP contribution in [0.15, 0.2) is 36.4 Å². The Morgan fingerprint density at radius 3 is 2.71 bits per heavy atom. The van der Waals surface area contributed by atoms with Crippen LogP contribution in [0.25, 0.3) is 10.8 Å². The van der Waals surface area contributed by atoms with Crippen molar-refractivity contribution in [3.8, 4) is 0 Å². The number of fused-ring (bicyclic) bond motifs is 1. The second-order valence-electron chi connectivity index (χ2n) is 5.97. The smallest absolute Gasteiger partial charge is 0.407 e. The van der Waals surface area contributed by atoms with Crippen molar-refractivity contribution in [2.75, 3.05) is 6.54 Å². The molecule has 21 heavy (non-hydrogen) atoms. The second-order valence-corrected chi connectivity index (χ2v) is 5.97. The molecule has 0 atom stereocenters. The van der Waals surface area contributed by atoms with Crippen LogP contribution in [-0.4, -0.2) is 18.2 Å². The van der Waals surface area contributed by atoms with Gasteiger partial charge in [-0.05, 0) is 50.3 Å². The van der Waals surface area contributed by atoms with Gasteiger partial charge in [0.25, 0.3) is 0 Å². The fraction of sp³-hybridized carbons (Fsp3) is 0.353. The zero-order valence-corrected chi connectivity index (χ0v) is 12.6. The lowest BCUT2D eigenvalue weighted by molar-refractivity contribution is 0.0528. The monoisotopic (exact) mass is 289 g/mol. The van der Waals surface area contributed by atoms with Crippen LogP contribution in [-0.2, 0) is 11.2 Å². The third-order valence-electron chi connectivity index (χ3n) is 2.98. The molecule has 0 aliphatic heterocycles. The van der Waals surface area contributed by atoms with E-state index in [1.54, 1.807) is 6.07 Å². The molecule has 2 aromatic carbocycles. The minimum Gasteiger partial charge on any atom is -0.444 e. The summed E-state index contributed by atoms with van der Waals surface area (Å²) in [6.45, 7) is 5.91. The van der Waals surface area contributed by atoms with Gasteiger partial charge in [-0.15, -0.1) is 0 Å². The molecule has 4 heteroatoms. The van der Waals surface area contributed by atoms with E-state index in [9.17, 15) is 9.18 Å². The van der Waals surface area contributed by atoms with Gasteiger partial charge in [-0.1, -0.05) is 24.3 Å². The molecular weight excluding hydrogens is 269 g/mol. The molecule has 2 rings (SSSR count). The first-order chi connectivity index (χ1) is 9.85. The number of hydrogen-bond donors (Lipinski definition) is 1. The van der Waals surface area contributed by atoms with Crippen LogP contribution in [0.1, 0.15) is 26.3 Å². The second kappa shape index (κ2) is 6.12.